The second-order valence-corrected chi connectivity index (χ2v) is 8.20. The fourth-order valence-corrected chi connectivity index (χ4v) is 4.09. The number of aromatic amines is 1. The van der Waals surface area contributed by atoms with Crippen LogP contribution in [0.1, 0.15) is 45.8 Å². The van der Waals surface area contributed by atoms with Crippen LogP contribution in [0.4, 0.5) is 4.39 Å². The van der Waals surface area contributed by atoms with Gasteiger partial charge in [-0.1, -0.05) is 12.1 Å². The number of likely N-dealkylation sites (N-methyl/N-ethyl adjacent to an activating group) is 1. The summed E-state index contributed by atoms with van der Waals surface area (Å²) in [5, 5.41) is 11.3. The third kappa shape index (κ3) is 4.54. The van der Waals surface area contributed by atoms with Gasteiger partial charge in [-0.3, -0.25) is 9.59 Å². The monoisotopic (exact) mass is 457 g/mol. The first kappa shape index (κ1) is 24.2. The molecule has 2 heterocycles. The first-order chi connectivity index (χ1) is 15.6. The molecule has 1 saturated heterocycles. The predicted octanol–water partition coefficient (Wildman–Crippen LogP) is 2.93. The Balaban J connectivity index is 2.20. The Bertz CT molecular complexity index is 1140. The number of aromatic nitrogens is 1. The lowest BCUT2D eigenvalue weighted by molar-refractivity contribution is -0.140. The van der Waals surface area contributed by atoms with Gasteiger partial charge in [-0.2, -0.15) is 0 Å². The number of nitrogens with one attached hydrogen (secondary N) is 1. The molecule has 2 N–H and O–H groups in total. The third-order valence-corrected chi connectivity index (χ3v) is 5.65. The molecule has 0 saturated carbocycles. The summed E-state index contributed by atoms with van der Waals surface area (Å²) in [4.78, 5) is 44.4. The van der Waals surface area contributed by atoms with Crippen molar-refractivity contribution < 1.29 is 28.6 Å². The maximum absolute atomic E-state index is 14.1. The van der Waals surface area contributed by atoms with Crippen molar-refractivity contribution in [3.05, 3.63) is 63.7 Å². The van der Waals surface area contributed by atoms with Gasteiger partial charge >= 0.3 is 5.97 Å². The average Bonchev–Trinajstić information content (AvgIpc) is 3.19. The Labute approximate surface area is 191 Å². The Morgan fingerprint density at radius 3 is 2.58 bits per heavy atom. The second kappa shape index (κ2) is 9.58. The van der Waals surface area contributed by atoms with Crippen LogP contribution in [-0.2, 0) is 14.3 Å². The summed E-state index contributed by atoms with van der Waals surface area (Å²) in [7, 11) is 3.66. The van der Waals surface area contributed by atoms with E-state index in [1.807, 2.05) is 19.0 Å². The number of ether oxygens (including phenoxy) is 1. The zero-order chi connectivity index (χ0) is 24.4. The van der Waals surface area contributed by atoms with Gasteiger partial charge in [0.2, 0.25) is 0 Å². The second-order valence-electron chi connectivity index (χ2n) is 8.20. The highest BCUT2D eigenvalue weighted by Crippen LogP contribution is 2.40. The fourth-order valence-electron chi connectivity index (χ4n) is 4.09. The molecular weight excluding hydrogens is 429 g/mol. The summed E-state index contributed by atoms with van der Waals surface area (Å²) < 4.78 is 19.1. The van der Waals surface area contributed by atoms with E-state index < -0.39 is 35.3 Å². The van der Waals surface area contributed by atoms with Crippen LogP contribution in [-0.4, -0.2) is 71.3 Å². The lowest BCUT2D eigenvalue weighted by Crippen LogP contribution is -2.35. The molecule has 3 rings (SSSR count). The van der Waals surface area contributed by atoms with E-state index in [0.29, 0.717) is 23.4 Å². The predicted molar refractivity (Wildman–Crippen MR) is 120 cm³/mol. The summed E-state index contributed by atoms with van der Waals surface area (Å²) in [6.07, 6.45) is 0. The number of likely N-dealkylation sites (tertiary alicyclic amines) is 1. The zero-order valence-corrected chi connectivity index (χ0v) is 19.4. The number of Topliss-reactive ketones (excluding diaryl/α,β-unsaturated/α-hetero) is 1. The van der Waals surface area contributed by atoms with Gasteiger partial charge in [-0.25, -0.2) is 9.18 Å². The number of hydrogen-bond donors (Lipinski definition) is 2. The van der Waals surface area contributed by atoms with Crippen LogP contribution < -0.4 is 0 Å². The van der Waals surface area contributed by atoms with Crippen molar-refractivity contribution in [2.45, 2.75) is 26.8 Å². The summed E-state index contributed by atoms with van der Waals surface area (Å²) >= 11 is 0. The maximum Gasteiger partial charge on any atom is 0.355 e. The smallest absolute Gasteiger partial charge is 0.355 e. The van der Waals surface area contributed by atoms with E-state index >= 15 is 0 Å². The molecule has 176 valence electrons. The number of H-pyrrole nitrogens is 1. The van der Waals surface area contributed by atoms with Crippen molar-refractivity contribution >= 4 is 23.4 Å². The minimum Gasteiger partial charge on any atom is -0.507 e. The Morgan fingerprint density at radius 1 is 1.27 bits per heavy atom. The molecule has 1 aromatic heterocycles. The normalized spacial score (nSPS) is 17.8. The van der Waals surface area contributed by atoms with Crippen LogP contribution in [0.2, 0.25) is 0 Å². The molecule has 0 unspecified atom stereocenters. The number of aliphatic hydroxyl groups is 1. The highest BCUT2D eigenvalue weighted by Gasteiger charge is 2.46. The molecule has 1 atom stereocenters. The van der Waals surface area contributed by atoms with Crippen LogP contribution in [0.15, 0.2) is 29.8 Å². The molecule has 2 aromatic rings. The van der Waals surface area contributed by atoms with Gasteiger partial charge in [-0.15, -0.1) is 0 Å². The Hall–Kier alpha value is -3.46. The van der Waals surface area contributed by atoms with Crippen LogP contribution in [0.5, 0.6) is 0 Å². The number of halogens is 1. The molecule has 33 heavy (non-hydrogen) atoms. The number of carbonyl (C=O) groups excluding carboxylic acids is 3. The minimum absolute atomic E-state index is 0.148. The molecule has 9 heteroatoms. The molecule has 8 nitrogen and oxygen atoms in total. The first-order valence-electron chi connectivity index (χ1n) is 10.6. The number of rotatable bonds is 7. The minimum atomic E-state index is -0.972. The summed E-state index contributed by atoms with van der Waals surface area (Å²) in [5.74, 6) is -3.17. The molecule has 0 spiro atoms. The number of benzene rings is 1. The van der Waals surface area contributed by atoms with E-state index in [9.17, 15) is 23.9 Å². The Morgan fingerprint density at radius 2 is 1.97 bits per heavy atom. The van der Waals surface area contributed by atoms with Crippen LogP contribution >= 0.6 is 0 Å². The Kier molecular flexibility index (Phi) is 7.02. The molecule has 1 aromatic carbocycles. The number of hydrogen-bond acceptors (Lipinski definition) is 6. The van der Waals surface area contributed by atoms with E-state index in [2.05, 4.69) is 4.98 Å². The van der Waals surface area contributed by atoms with Crippen LogP contribution in [0.3, 0.4) is 0 Å². The molecule has 1 aliphatic heterocycles. The van der Waals surface area contributed by atoms with Crippen molar-refractivity contribution in [2.75, 3.05) is 33.8 Å². The quantitative estimate of drug-likeness (QED) is 0.287. The number of ketones is 1. The molecule has 1 fully saturated rings. The van der Waals surface area contributed by atoms with Crippen molar-refractivity contribution in [1.82, 2.24) is 14.8 Å². The first-order valence-corrected chi connectivity index (χ1v) is 10.6. The number of aliphatic hydroxyl groups excluding tert-OH is 1. The topological polar surface area (TPSA) is 103 Å². The van der Waals surface area contributed by atoms with E-state index in [0.717, 1.165) is 0 Å². The SMILES string of the molecule is CCOC(=O)c1[nH]c(C)c(/C(O)=C2\C(=O)C(=O)N(CCN(C)C)[C@@H]2c2cccc(F)c2)c1C. The van der Waals surface area contributed by atoms with Crippen LogP contribution in [0.25, 0.3) is 5.76 Å². The molecule has 0 aliphatic carbocycles. The van der Waals surface area contributed by atoms with Gasteiger partial charge in [-0.05, 0) is 58.1 Å². The number of nitrogens with zero attached hydrogens (tertiary/aromatic N) is 2. The number of aryl methyl sites for hydroxylation is 1. The standard InChI is InChI=1S/C24H28FN3O5/c1-6-33-24(32)19-13(2)17(14(3)26-19)21(29)18-20(15-8-7-9-16(25)12-15)28(11-10-27(4)5)23(31)22(18)30/h7-9,12,20,26,29H,6,10-11H2,1-5H3/b21-18+/t20-/m1/s1. The number of carbonyl (C=O) groups is 3. The van der Waals surface area contributed by atoms with E-state index in [1.54, 1.807) is 26.8 Å². The molecule has 1 aliphatic rings. The maximum atomic E-state index is 14.1. The van der Waals surface area contributed by atoms with E-state index in [4.69, 9.17) is 4.74 Å². The molecule has 0 bridgehead atoms. The van der Waals surface area contributed by atoms with E-state index in [-0.39, 0.29) is 30.0 Å². The van der Waals surface area contributed by atoms with E-state index in [1.165, 1.54) is 23.1 Å². The zero-order valence-electron chi connectivity index (χ0n) is 19.4. The lowest BCUT2D eigenvalue weighted by Gasteiger charge is -2.26. The highest BCUT2D eigenvalue weighted by molar-refractivity contribution is 6.46. The summed E-state index contributed by atoms with van der Waals surface area (Å²) in [5.41, 5.74) is 1.44. The molecular formula is C24H28FN3O5. The lowest BCUT2D eigenvalue weighted by atomic mass is 9.94. The van der Waals surface area contributed by atoms with Crippen molar-refractivity contribution in [2.24, 2.45) is 0 Å². The number of amides is 1. The van der Waals surface area contributed by atoms with Gasteiger partial charge in [0.15, 0.2) is 0 Å². The van der Waals surface area contributed by atoms with Crippen molar-refractivity contribution in [3.8, 4) is 0 Å². The number of esters is 1. The fraction of sp³-hybridized carbons (Fsp3) is 0.375. The van der Waals surface area contributed by atoms with Crippen molar-refractivity contribution in [3.63, 3.8) is 0 Å². The van der Waals surface area contributed by atoms with Gasteiger partial charge in [0.05, 0.1) is 18.2 Å². The molecule has 0 radical (unpaired) electrons. The highest BCUT2D eigenvalue weighted by atomic mass is 19.1. The van der Waals surface area contributed by atoms with Gasteiger partial charge < -0.3 is 24.6 Å². The molecule has 1 amide bonds. The van der Waals surface area contributed by atoms with Gasteiger partial charge in [0, 0.05) is 24.3 Å². The average molecular weight is 458 g/mol. The van der Waals surface area contributed by atoms with Crippen molar-refractivity contribution in [1.29, 1.82) is 0 Å². The van der Waals surface area contributed by atoms with Gasteiger partial charge in [0.25, 0.3) is 11.7 Å². The largest absolute Gasteiger partial charge is 0.507 e. The van der Waals surface area contributed by atoms with Crippen LogP contribution in [0, 0.1) is 19.7 Å². The summed E-state index contributed by atoms with van der Waals surface area (Å²) in [6.45, 7) is 5.78. The third-order valence-electron chi connectivity index (χ3n) is 5.65. The summed E-state index contributed by atoms with van der Waals surface area (Å²) in [6, 6.07) is 4.63. The van der Waals surface area contributed by atoms with Gasteiger partial charge in [0.1, 0.15) is 17.3 Å².